The summed E-state index contributed by atoms with van der Waals surface area (Å²) in [4.78, 5) is 14.2. The molecule has 0 bridgehead atoms. The number of anilines is 1. The number of carbonyl (C=O) groups excluding carboxylic acids is 1. The summed E-state index contributed by atoms with van der Waals surface area (Å²) in [5.41, 5.74) is 3.19. The van der Waals surface area contributed by atoms with E-state index >= 15 is 0 Å². The zero-order chi connectivity index (χ0) is 22.4. The highest BCUT2D eigenvalue weighted by Crippen LogP contribution is 2.25. The summed E-state index contributed by atoms with van der Waals surface area (Å²) in [6.45, 7) is 4.72. The second-order valence-electron chi connectivity index (χ2n) is 7.01. The third-order valence-corrected chi connectivity index (χ3v) is 5.75. The molecule has 1 N–H and O–H groups in total. The maximum atomic E-state index is 14.2. The van der Waals surface area contributed by atoms with E-state index in [1.807, 2.05) is 56.3 Å². The average molecular weight is 441 g/mol. The van der Waals surface area contributed by atoms with E-state index in [4.69, 9.17) is 0 Å². The van der Waals surface area contributed by atoms with Crippen molar-refractivity contribution in [2.24, 2.45) is 0 Å². The molecule has 0 spiro atoms. The van der Waals surface area contributed by atoms with Gasteiger partial charge in [0.15, 0.2) is 0 Å². The minimum Gasteiger partial charge on any atom is -0.339 e. The first-order chi connectivity index (χ1) is 14.9. The maximum absolute atomic E-state index is 14.2. The van der Waals surface area contributed by atoms with Crippen LogP contribution in [0.25, 0.3) is 11.1 Å². The first-order valence-electron chi connectivity index (χ1n) is 10.1. The average Bonchev–Trinajstić information content (AvgIpc) is 2.78. The van der Waals surface area contributed by atoms with Crippen LogP contribution in [0.4, 0.5) is 10.1 Å². The van der Waals surface area contributed by atoms with Gasteiger partial charge in [-0.25, -0.2) is 8.60 Å². The highest BCUT2D eigenvalue weighted by Gasteiger charge is 2.18. The van der Waals surface area contributed by atoms with Gasteiger partial charge in [-0.1, -0.05) is 42.5 Å². The summed E-state index contributed by atoms with van der Waals surface area (Å²) in [6, 6.07) is 21.1. The third-order valence-electron chi connectivity index (χ3n) is 5.03. The fourth-order valence-electron chi connectivity index (χ4n) is 3.41. The van der Waals surface area contributed by atoms with E-state index in [0.29, 0.717) is 24.3 Å². The molecule has 0 aliphatic carbocycles. The zero-order valence-electron chi connectivity index (χ0n) is 17.5. The van der Waals surface area contributed by atoms with Crippen molar-refractivity contribution in [3.8, 4) is 11.1 Å². The molecule has 0 saturated heterocycles. The number of hydrogen-bond donors (Lipinski definition) is 1. The molecule has 0 aliphatic heterocycles. The predicted octanol–water partition coefficient (Wildman–Crippen LogP) is 5.12. The van der Waals surface area contributed by atoms with Gasteiger partial charge in [-0.15, -0.1) is 0 Å². The Bertz CT molecular complexity index is 1050. The maximum Gasteiger partial charge on any atom is 0.262 e. The van der Waals surface area contributed by atoms with Gasteiger partial charge in [0.2, 0.25) is 0 Å². The topological polar surface area (TPSA) is 60.9 Å². The molecule has 7 heteroatoms. The Hall–Kier alpha value is -3.03. The lowest BCUT2D eigenvalue weighted by atomic mass is 10.1. The lowest BCUT2D eigenvalue weighted by molar-refractivity contribution is 0.0772. The van der Waals surface area contributed by atoms with Crippen LogP contribution in [0.2, 0.25) is 0 Å². The number of carbonyl (C=O) groups is 1. The first-order valence-corrected chi connectivity index (χ1v) is 11.1. The Balaban J connectivity index is 1.87. The minimum absolute atomic E-state index is 0.0237. The Morgan fingerprint density at radius 2 is 1.55 bits per heavy atom. The lowest BCUT2D eigenvalue weighted by Gasteiger charge is -2.22. The van der Waals surface area contributed by atoms with E-state index in [9.17, 15) is 17.9 Å². The molecule has 3 aromatic rings. The van der Waals surface area contributed by atoms with Crippen molar-refractivity contribution in [1.82, 2.24) is 4.90 Å². The van der Waals surface area contributed by atoms with Crippen LogP contribution < -0.4 is 4.31 Å². The highest BCUT2D eigenvalue weighted by molar-refractivity contribution is 7.80. The number of hydrogen-bond acceptors (Lipinski definition) is 2. The van der Waals surface area contributed by atoms with E-state index in [1.54, 1.807) is 23.1 Å². The molecule has 0 aromatic heterocycles. The second-order valence-corrected chi connectivity index (χ2v) is 7.91. The van der Waals surface area contributed by atoms with Crippen LogP contribution in [0.15, 0.2) is 72.8 Å². The molecule has 162 valence electrons. The van der Waals surface area contributed by atoms with Gasteiger partial charge in [-0.3, -0.25) is 13.7 Å². The van der Waals surface area contributed by atoms with Crippen molar-refractivity contribution in [2.45, 2.75) is 20.4 Å². The quantitative estimate of drug-likeness (QED) is 0.495. The number of benzene rings is 3. The van der Waals surface area contributed by atoms with Crippen LogP contribution in [0.3, 0.4) is 0 Å². The van der Waals surface area contributed by atoms with Gasteiger partial charge in [0, 0.05) is 18.7 Å². The first kappa shape index (κ1) is 22.7. The molecule has 5 nitrogen and oxygen atoms in total. The number of rotatable bonds is 8. The largest absolute Gasteiger partial charge is 0.339 e. The van der Waals surface area contributed by atoms with Crippen LogP contribution in [-0.4, -0.2) is 32.7 Å². The van der Waals surface area contributed by atoms with E-state index in [1.165, 1.54) is 16.4 Å². The van der Waals surface area contributed by atoms with Crippen molar-refractivity contribution in [3.63, 3.8) is 0 Å². The number of amides is 1. The minimum atomic E-state index is -2.33. The van der Waals surface area contributed by atoms with Crippen LogP contribution in [-0.2, 0) is 17.8 Å². The van der Waals surface area contributed by atoms with Gasteiger partial charge in [0.1, 0.15) is 5.82 Å². The van der Waals surface area contributed by atoms with Crippen molar-refractivity contribution in [2.75, 3.05) is 17.4 Å². The summed E-state index contributed by atoms with van der Waals surface area (Å²) in [5.74, 6) is -0.828. The summed E-state index contributed by atoms with van der Waals surface area (Å²) in [6.07, 6.45) is 0. The standard InChI is InChI=1S/C24H25FN2O3S/c1-3-26(4-2)24(28)21-14-18(15-22(25)16-21)17-27(31(29)30)23-12-10-20(11-13-23)19-8-6-5-7-9-19/h5-16H,3-4,17H2,1-2H3,(H,29,30). The molecule has 31 heavy (non-hydrogen) atoms. The van der Waals surface area contributed by atoms with E-state index in [0.717, 1.165) is 11.1 Å². The molecule has 3 rings (SSSR count). The Kier molecular flexibility index (Phi) is 7.55. The molecule has 0 radical (unpaired) electrons. The van der Waals surface area contributed by atoms with Crippen molar-refractivity contribution in [1.29, 1.82) is 0 Å². The molecular formula is C24H25FN2O3S. The van der Waals surface area contributed by atoms with Gasteiger partial charge < -0.3 is 4.90 Å². The highest BCUT2D eigenvalue weighted by atomic mass is 32.2. The van der Waals surface area contributed by atoms with Crippen LogP contribution in [0.5, 0.6) is 0 Å². The Morgan fingerprint density at radius 3 is 2.13 bits per heavy atom. The van der Waals surface area contributed by atoms with E-state index in [-0.39, 0.29) is 18.0 Å². The molecule has 0 fully saturated rings. The lowest BCUT2D eigenvalue weighted by Crippen LogP contribution is -2.31. The summed E-state index contributed by atoms with van der Waals surface area (Å²) < 4.78 is 37.4. The number of nitrogens with zero attached hydrogens (tertiary/aromatic N) is 2. The molecule has 1 atom stereocenters. The summed E-state index contributed by atoms with van der Waals surface area (Å²) in [7, 11) is 0. The van der Waals surface area contributed by atoms with Crippen molar-refractivity contribution >= 4 is 22.9 Å². The SMILES string of the molecule is CCN(CC)C(=O)c1cc(F)cc(CN(c2ccc(-c3ccccc3)cc2)S(=O)O)c1. The molecule has 0 saturated carbocycles. The van der Waals surface area contributed by atoms with Crippen molar-refractivity contribution in [3.05, 3.63) is 89.7 Å². The molecule has 1 unspecified atom stereocenters. The number of halogens is 1. The van der Waals surface area contributed by atoms with Crippen LogP contribution in [0.1, 0.15) is 29.8 Å². The molecule has 1 amide bonds. The fourth-order valence-corrected chi connectivity index (χ4v) is 3.97. The Morgan fingerprint density at radius 1 is 0.935 bits per heavy atom. The normalized spacial score (nSPS) is 11.7. The van der Waals surface area contributed by atoms with Crippen LogP contribution in [0, 0.1) is 5.82 Å². The smallest absolute Gasteiger partial charge is 0.262 e. The van der Waals surface area contributed by atoms with E-state index in [2.05, 4.69) is 0 Å². The molecule has 0 heterocycles. The van der Waals surface area contributed by atoms with Gasteiger partial charge in [-0.05, 0) is 60.9 Å². The Labute approximate surface area is 184 Å². The fraction of sp³-hybridized carbons (Fsp3) is 0.208. The molecular weight excluding hydrogens is 415 g/mol. The van der Waals surface area contributed by atoms with Crippen LogP contribution >= 0.6 is 0 Å². The summed E-state index contributed by atoms with van der Waals surface area (Å²) >= 11 is -2.33. The predicted molar refractivity (Wildman–Crippen MR) is 122 cm³/mol. The molecule has 3 aromatic carbocycles. The van der Waals surface area contributed by atoms with Gasteiger partial charge >= 0.3 is 0 Å². The van der Waals surface area contributed by atoms with Gasteiger partial charge in [0.25, 0.3) is 17.2 Å². The van der Waals surface area contributed by atoms with Gasteiger partial charge in [0.05, 0.1) is 12.2 Å². The monoisotopic (exact) mass is 440 g/mol. The van der Waals surface area contributed by atoms with E-state index < -0.39 is 17.1 Å². The summed E-state index contributed by atoms with van der Waals surface area (Å²) in [5, 5.41) is 0. The third kappa shape index (κ3) is 5.57. The van der Waals surface area contributed by atoms with Crippen molar-refractivity contribution < 1.29 is 17.9 Å². The molecule has 0 aliphatic rings. The zero-order valence-corrected chi connectivity index (χ0v) is 18.3. The second kappa shape index (κ2) is 10.3. The van der Waals surface area contributed by atoms with Gasteiger partial charge in [-0.2, -0.15) is 0 Å².